The predicted octanol–water partition coefficient (Wildman–Crippen LogP) is 6.95. The van der Waals surface area contributed by atoms with Crippen molar-refractivity contribution in [2.75, 3.05) is 19.8 Å². The van der Waals surface area contributed by atoms with Crippen LogP contribution in [0.4, 0.5) is 0 Å². The Bertz CT molecular complexity index is 711. The van der Waals surface area contributed by atoms with Crippen LogP contribution in [0.25, 0.3) is 0 Å². The number of hydrogen-bond acceptors (Lipinski definition) is 4. The topological polar surface area (TPSA) is 6.48 Å². The van der Waals surface area contributed by atoms with E-state index in [0.29, 0.717) is 22.3 Å². The zero-order valence-corrected chi connectivity index (χ0v) is 21.1. The van der Waals surface area contributed by atoms with Gasteiger partial charge < -0.3 is 9.80 Å². The molecule has 0 bridgehead atoms. The number of rotatable bonds is 12. The summed E-state index contributed by atoms with van der Waals surface area (Å²) in [6.45, 7) is 12.7. The summed E-state index contributed by atoms with van der Waals surface area (Å²) >= 11 is 4.19. The summed E-state index contributed by atoms with van der Waals surface area (Å²) in [4.78, 5) is 5.00. The van der Waals surface area contributed by atoms with E-state index in [4.69, 9.17) is 0 Å². The average Bonchev–Trinajstić information content (AvgIpc) is 3.22. The third kappa shape index (κ3) is 8.16. The van der Waals surface area contributed by atoms with Crippen LogP contribution in [0.5, 0.6) is 0 Å². The molecule has 0 amide bonds. The van der Waals surface area contributed by atoms with E-state index in [1.54, 1.807) is 0 Å². The fourth-order valence-corrected chi connectivity index (χ4v) is 6.24. The van der Waals surface area contributed by atoms with Crippen LogP contribution in [-0.2, 0) is 11.5 Å². The molecule has 168 valence electrons. The zero-order chi connectivity index (χ0) is 22.1. The Morgan fingerprint density at radius 3 is 1.39 bits per heavy atom. The lowest BCUT2D eigenvalue weighted by molar-refractivity contribution is 0.252. The highest BCUT2D eigenvalue weighted by Crippen LogP contribution is 2.28. The molecular weight excluding hydrogens is 416 g/mol. The Hall–Kier alpha value is -1.52. The van der Waals surface area contributed by atoms with E-state index in [1.165, 1.54) is 11.1 Å². The Balaban J connectivity index is 1.46. The first kappa shape index (κ1) is 24.1. The fourth-order valence-electron chi connectivity index (χ4n) is 3.68. The van der Waals surface area contributed by atoms with Crippen LogP contribution in [0, 0.1) is 11.8 Å². The molecule has 4 heteroatoms. The maximum atomic E-state index is 2.50. The summed E-state index contributed by atoms with van der Waals surface area (Å²) in [5.41, 5.74) is 2.85. The molecule has 2 aromatic rings. The molecular formula is C27H38N2S2. The number of hydrogen-bond donors (Lipinski definition) is 0. The standard InChI is InChI=1S/C27H38N2S2/c1-22(2)26(30-19-24-11-7-5-8-12-24)17-28-15-16-29(21-28)18-27(23(3)4)31-20-25-13-9-6-10-14-25/h5-16,22-23,26-27H,17-21H2,1-4H3/t26-,27-/m0/s1. The molecule has 3 rings (SSSR count). The van der Waals surface area contributed by atoms with E-state index in [-0.39, 0.29) is 0 Å². The lowest BCUT2D eigenvalue weighted by Crippen LogP contribution is -2.36. The van der Waals surface area contributed by atoms with Crippen LogP contribution in [0.3, 0.4) is 0 Å². The van der Waals surface area contributed by atoms with Gasteiger partial charge in [-0.2, -0.15) is 23.5 Å². The van der Waals surface area contributed by atoms with Crippen molar-refractivity contribution >= 4 is 23.5 Å². The van der Waals surface area contributed by atoms with Crippen molar-refractivity contribution in [3.05, 3.63) is 84.2 Å². The normalized spacial score (nSPS) is 15.8. The third-order valence-corrected chi connectivity index (χ3v) is 9.02. The summed E-state index contributed by atoms with van der Waals surface area (Å²) in [5.74, 6) is 3.52. The molecule has 2 atom stereocenters. The second-order valence-corrected chi connectivity index (χ2v) is 11.6. The maximum absolute atomic E-state index is 2.50. The van der Waals surface area contributed by atoms with Crippen molar-refractivity contribution in [2.24, 2.45) is 11.8 Å². The van der Waals surface area contributed by atoms with E-state index < -0.39 is 0 Å². The Labute approximate surface area is 198 Å². The van der Waals surface area contributed by atoms with Gasteiger partial charge in [0.25, 0.3) is 0 Å². The summed E-state index contributed by atoms with van der Waals surface area (Å²) in [6.07, 6.45) is 4.61. The second kappa shape index (κ2) is 12.5. The Kier molecular flexibility index (Phi) is 9.73. The first-order valence-corrected chi connectivity index (χ1v) is 13.6. The second-order valence-electron chi connectivity index (χ2n) is 9.14. The van der Waals surface area contributed by atoms with Gasteiger partial charge in [0.15, 0.2) is 0 Å². The molecule has 0 spiro atoms. The molecule has 0 aliphatic carbocycles. The SMILES string of the molecule is CC(C)[C@H](CN1C=CN(C[C@H](SCc2ccccc2)C(C)C)C1)SCc1ccccc1. The molecule has 0 fully saturated rings. The van der Waals surface area contributed by atoms with E-state index in [9.17, 15) is 0 Å². The molecule has 0 unspecified atom stereocenters. The van der Waals surface area contributed by atoms with E-state index in [1.807, 2.05) is 0 Å². The Morgan fingerprint density at radius 1 is 0.645 bits per heavy atom. The fraction of sp³-hybridized carbons (Fsp3) is 0.481. The first-order chi connectivity index (χ1) is 15.0. The van der Waals surface area contributed by atoms with Crippen LogP contribution in [0.2, 0.25) is 0 Å². The molecule has 1 aliphatic rings. The van der Waals surface area contributed by atoms with Gasteiger partial charge in [0.2, 0.25) is 0 Å². The summed E-state index contributed by atoms with van der Waals surface area (Å²) < 4.78 is 0. The van der Waals surface area contributed by atoms with Gasteiger partial charge in [-0.15, -0.1) is 0 Å². The quantitative estimate of drug-likeness (QED) is 0.342. The first-order valence-electron chi connectivity index (χ1n) is 11.5. The summed E-state index contributed by atoms with van der Waals surface area (Å²) in [6, 6.07) is 21.7. The maximum Gasteiger partial charge on any atom is 0.0894 e. The predicted molar refractivity (Wildman–Crippen MR) is 140 cm³/mol. The summed E-state index contributed by atoms with van der Waals surface area (Å²) in [5, 5.41) is 1.27. The minimum atomic E-state index is 0.637. The zero-order valence-electron chi connectivity index (χ0n) is 19.5. The summed E-state index contributed by atoms with van der Waals surface area (Å²) in [7, 11) is 0. The highest BCUT2D eigenvalue weighted by Gasteiger charge is 2.23. The Morgan fingerprint density at radius 2 is 1.03 bits per heavy atom. The number of thioether (sulfide) groups is 2. The van der Waals surface area contributed by atoms with Crippen molar-refractivity contribution in [2.45, 2.75) is 49.7 Å². The molecule has 0 aromatic heterocycles. The molecule has 2 aromatic carbocycles. The van der Waals surface area contributed by atoms with Crippen molar-refractivity contribution in [3.8, 4) is 0 Å². The average molecular weight is 455 g/mol. The van der Waals surface area contributed by atoms with Gasteiger partial charge in [0.05, 0.1) is 6.67 Å². The monoisotopic (exact) mass is 454 g/mol. The van der Waals surface area contributed by atoms with E-state index in [2.05, 4.69) is 134 Å². The van der Waals surface area contributed by atoms with E-state index in [0.717, 1.165) is 31.3 Å². The van der Waals surface area contributed by atoms with Gasteiger partial charge in [0, 0.05) is 47.5 Å². The number of nitrogens with zero attached hydrogens (tertiary/aromatic N) is 2. The highest BCUT2D eigenvalue weighted by molar-refractivity contribution is 7.99. The van der Waals surface area contributed by atoms with Crippen molar-refractivity contribution in [1.82, 2.24) is 9.80 Å². The molecule has 0 saturated carbocycles. The van der Waals surface area contributed by atoms with Crippen LogP contribution in [0.15, 0.2) is 73.1 Å². The van der Waals surface area contributed by atoms with Crippen LogP contribution >= 0.6 is 23.5 Å². The largest absolute Gasteiger partial charge is 0.357 e. The highest BCUT2D eigenvalue weighted by atomic mass is 32.2. The van der Waals surface area contributed by atoms with E-state index >= 15 is 0 Å². The van der Waals surface area contributed by atoms with Crippen LogP contribution in [-0.4, -0.2) is 40.1 Å². The molecule has 0 radical (unpaired) electrons. The molecule has 0 saturated heterocycles. The third-order valence-electron chi connectivity index (χ3n) is 5.78. The molecule has 1 aliphatic heterocycles. The van der Waals surface area contributed by atoms with Crippen LogP contribution in [0.1, 0.15) is 38.8 Å². The van der Waals surface area contributed by atoms with Gasteiger partial charge >= 0.3 is 0 Å². The van der Waals surface area contributed by atoms with Gasteiger partial charge in [0.1, 0.15) is 0 Å². The lowest BCUT2D eigenvalue weighted by Gasteiger charge is -2.30. The smallest absolute Gasteiger partial charge is 0.0894 e. The van der Waals surface area contributed by atoms with Gasteiger partial charge in [-0.3, -0.25) is 0 Å². The van der Waals surface area contributed by atoms with Crippen molar-refractivity contribution in [3.63, 3.8) is 0 Å². The lowest BCUT2D eigenvalue weighted by atomic mass is 10.1. The van der Waals surface area contributed by atoms with Gasteiger partial charge in [-0.1, -0.05) is 88.4 Å². The minimum absolute atomic E-state index is 0.637. The van der Waals surface area contributed by atoms with Crippen LogP contribution < -0.4 is 0 Å². The molecule has 1 heterocycles. The minimum Gasteiger partial charge on any atom is -0.357 e. The van der Waals surface area contributed by atoms with Crippen molar-refractivity contribution < 1.29 is 0 Å². The van der Waals surface area contributed by atoms with Gasteiger partial charge in [-0.25, -0.2) is 0 Å². The number of benzene rings is 2. The molecule has 0 N–H and O–H groups in total. The molecule has 2 nitrogen and oxygen atoms in total. The molecule has 31 heavy (non-hydrogen) atoms. The van der Waals surface area contributed by atoms with Crippen molar-refractivity contribution in [1.29, 1.82) is 0 Å². The van der Waals surface area contributed by atoms with Gasteiger partial charge in [-0.05, 0) is 23.0 Å².